The first-order valence-electron chi connectivity index (χ1n) is 5.12. The van der Waals surface area contributed by atoms with E-state index in [1.807, 2.05) is 0 Å². The zero-order chi connectivity index (χ0) is 11.5. The Labute approximate surface area is 99.0 Å². The highest BCUT2D eigenvalue weighted by molar-refractivity contribution is 6.29. The van der Waals surface area contributed by atoms with Crippen molar-refractivity contribution >= 4 is 17.5 Å². The van der Waals surface area contributed by atoms with E-state index in [9.17, 15) is 4.79 Å². The smallest absolute Gasteiger partial charge is 0.274 e. The predicted molar refractivity (Wildman–Crippen MR) is 61.3 cm³/mol. The number of nitrogens with zero attached hydrogens (tertiary/aromatic N) is 3. The Kier molecular flexibility index (Phi) is 3.19. The number of hydrogen-bond acceptors (Lipinski definition) is 3. The molecule has 2 rings (SSSR count). The van der Waals surface area contributed by atoms with Gasteiger partial charge < -0.3 is 4.90 Å². The van der Waals surface area contributed by atoms with Crippen molar-refractivity contribution in [2.24, 2.45) is 0 Å². The second kappa shape index (κ2) is 4.61. The molecule has 16 heavy (non-hydrogen) atoms. The molecule has 1 heterocycles. The summed E-state index contributed by atoms with van der Waals surface area (Å²) in [6.45, 7) is 4.19. The Morgan fingerprint density at radius 1 is 1.62 bits per heavy atom. The highest BCUT2D eigenvalue weighted by Gasteiger charge is 2.32. The van der Waals surface area contributed by atoms with Gasteiger partial charge in [-0.2, -0.15) is 0 Å². The summed E-state index contributed by atoms with van der Waals surface area (Å²) in [5.41, 5.74) is 0.293. The van der Waals surface area contributed by atoms with E-state index in [4.69, 9.17) is 11.6 Å². The molecule has 0 N–H and O–H groups in total. The number of rotatable bonds is 4. The van der Waals surface area contributed by atoms with E-state index in [0.29, 0.717) is 18.3 Å². The van der Waals surface area contributed by atoms with Gasteiger partial charge >= 0.3 is 0 Å². The fourth-order valence-corrected chi connectivity index (χ4v) is 1.66. The fraction of sp³-hybridized carbons (Fsp3) is 0.364. The van der Waals surface area contributed by atoms with Crippen molar-refractivity contribution in [3.8, 4) is 0 Å². The summed E-state index contributed by atoms with van der Waals surface area (Å²) in [6, 6.07) is 0.325. The number of hydrogen-bond donors (Lipinski definition) is 0. The topological polar surface area (TPSA) is 46.1 Å². The van der Waals surface area contributed by atoms with Crippen molar-refractivity contribution in [3.05, 3.63) is 35.9 Å². The molecule has 0 bridgehead atoms. The van der Waals surface area contributed by atoms with Crippen LogP contribution in [0.2, 0.25) is 5.15 Å². The first-order chi connectivity index (χ1) is 7.72. The van der Waals surface area contributed by atoms with Crippen molar-refractivity contribution in [1.82, 2.24) is 14.9 Å². The van der Waals surface area contributed by atoms with Crippen LogP contribution in [0.3, 0.4) is 0 Å². The van der Waals surface area contributed by atoms with Gasteiger partial charge in [0.2, 0.25) is 0 Å². The molecule has 1 aliphatic rings. The van der Waals surface area contributed by atoms with Crippen LogP contribution in [0.4, 0.5) is 0 Å². The molecule has 1 aromatic heterocycles. The zero-order valence-electron chi connectivity index (χ0n) is 8.77. The summed E-state index contributed by atoms with van der Waals surface area (Å²) in [6.07, 6.45) is 6.66. The standard InChI is InChI=1S/C11H12ClN3O/c1-2-5-15(8-3-4-8)11(16)9-6-13-7-10(12)14-9/h2,6-8H,1,3-5H2. The van der Waals surface area contributed by atoms with Gasteiger partial charge in [-0.15, -0.1) is 6.58 Å². The highest BCUT2D eigenvalue weighted by Crippen LogP contribution is 2.27. The lowest BCUT2D eigenvalue weighted by molar-refractivity contribution is 0.0756. The van der Waals surface area contributed by atoms with E-state index in [0.717, 1.165) is 12.8 Å². The summed E-state index contributed by atoms with van der Waals surface area (Å²) < 4.78 is 0. The fourth-order valence-electron chi connectivity index (χ4n) is 1.52. The maximum Gasteiger partial charge on any atom is 0.274 e. The lowest BCUT2D eigenvalue weighted by Crippen LogP contribution is -2.33. The Morgan fingerprint density at radius 3 is 2.94 bits per heavy atom. The Hall–Kier alpha value is -1.42. The van der Waals surface area contributed by atoms with Crippen LogP contribution in [0.5, 0.6) is 0 Å². The van der Waals surface area contributed by atoms with Crippen molar-refractivity contribution in [3.63, 3.8) is 0 Å². The van der Waals surface area contributed by atoms with Crippen LogP contribution in [0.15, 0.2) is 25.0 Å². The van der Waals surface area contributed by atoms with Crippen LogP contribution < -0.4 is 0 Å². The van der Waals surface area contributed by atoms with Gasteiger partial charge in [-0.3, -0.25) is 9.78 Å². The average molecular weight is 238 g/mol. The molecule has 1 saturated carbocycles. The molecular weight excluding hydrogens is 226 g/mol. The number of aromatic nitrogens is 2. The van der Waals surface area contributed by atoms with E-state index >= 15 is 0 Å². The molecule has 0 atom stereocenters. The van der Waals surface area contributed by atoms with Gasteiger partial charge in [-0.05, 0) is 12.8 Å². The normalized spacial score (nSPS) is 14.6. The van der Waals surface area contributed by atoms with Crippen molar-refractivity contribution < 1.29 is 4.79 Å². The molecule has 5 heteroatoms. The summed E-state index contributed by atoms with van der Waals surface area (Å²) >= 11 is 5.70. The number of carbonyl (C=O) groups excluding carboxylic acids is 1. The van der Waals surface area contributed by atoms with Crippen molar-refractivity contribution in [2.45, 2.75) is 18.9 Å². The molecule has 1 aliphatic carbocycles. The first-order valence-corrected chi connectivity index (χ1v) is 5.49. The summed E-state index contributed by atoms with van der Waals surface area (Å²) in [4.78, 5) is 21.7. The minimum atomic E-state index is -0.127. The Bertz CT molecular complexity index is 417. The molecule has 84 valence electrons. The maximum absolute atomic E-state index is 12.1. The molecular formula is C11H12ClN3O. The van der Waals surface area contributed by atoms with Crippen LogP contribution in [0, 0.1) is 0 Å². The minimum Gasteiger partial charge on any atom is -0.331 e. The van der Waals surface area contributed by atoms with Crippen LogP contribution >= 0.6 is 11.6 Å². The van der Waals surface area contributed by atoms with Gasteiger partial charge in [0.15, 0.2) is 0 Å². The molecule has 0 unspecified atom stereocenters. The van der Waals surface area contributed by atoms with Crippen LogP contribution in [-0.4, -0.2) is 33.4 Å². The lowest BCUT2D eigenvalue weighted by Gasteiger charge is -2.19. The average Bonchev–Trinajstić information content (AvgIpc) is 3.09. The third-order valence-corrected chi connectivity index (χ3v) is 2.58. The molecule has 1 aromatic rings. The van der Waals surface area contributed by atoms with E-state index in [-0.39, 0.29) is 11.1 Å². The summed E-state index contributed by atoms with van der Waals surface area (Å²) in [5.74, 6) is -0.127. The molecule has 1 amide bonds. The SMILES string of the molecule is C=CCN(C(=O)c1cncc(Cl)n1)C1CC1. The molecule has 0 radical (unpaired) electrons. The largest absolute Gasteiger partial charge is 0.331 e. The van der Waals surface area contributed by atoms with Crippen LogP contribution in [0.1, 0.15) is 23.3 Å². The molecule has 0 aromatic carbocycles. The highest BCUT2D eigenvalue weighted by atomic mass is 35.5. The second-order valence-electron chi connectivity index (χ2n) is 3.70. The van der Waals surface area contributed by atoms with Gasteiger partial charge in [-0.25, -0.2) is 4.98 Å². The summed E-state index contributed by atoms with van der Waals surface area (Å²) in [5, 5.41) is 0.236. The van der Waals surface area contributed by atoms with Gasteiger partial charge in [-0.1, -0.05) is 17.7 Å². The molecule has 4 nitrogen and oxygen atoms in total. The van der Waals surface area contributed by atoms with Gasteiger partial charge in [0.1, 0.15) is 10.8 Å². The first kappa shape index (κ1) is 11.1. The van der Waals surface area contributed by atoms with E-state index in [1.54, 1.807) is 11.0 Å². The van der Waals surface area contributed by atoms with E-state index < -0.39 is 0 Å². The molecule has 1 fully saturated rings. The predicted octanol–water partition coefficient (Wildman–Crippen LogP) is 1.92. The molecule has 0 aliphatic heterocycles. The van der Waals surface area contributed by atoms with E-state index in [2.05, 4.69) is 16.5 Å². The van der Waals surface area contributed by atoms with Crippen LogP contribution in [-0.2, 0) is 0 Å². The van der Waals surface area contributed by atoms with Gasteiger partial charge in [0.05, 0.1) is 12.4 Å². The zero-order valence-corrected chi connectivity index (χ0v) is 9.52. The van der Waals surface area contributed by atoms with Gasteiger partial charge in [0, 0.05) is 12.6 Å². The summed E-state index contributed by atoms with van der Waals surface area (Å²) in [7, 11) is 0. The number of carbonyl (C=O) groups is 1. The lowest BCUT2D eigenvalue weighted by atomic mass is 10.3. The van der Waals surface area contributed by atoms with Crippen molar-refractivity contribution in [1.29, 1.82) is 0 Å². The molecule has 0 saturated heterocycles. The van der Waals surface area contributed by atoms with E-state index in [1.165, 1.54) is 12.4 Å². The second-order valence-corrected chi connectivity index (χ2v) is 4.09. The quantitative estimate of drug-likeness (QED) is 0.752. The molecule has 0 spiro atoms. The number of amides is 1. The third kappa shape index (κ3) is 2.39. The Morgan fingerprint density at radius 2 is 2.38 bits per heavy atom. The van der Waals surface area contributed by atoms with Gasteiger partial charge in [0.25, 0.3) is 5.91 Å². The Balaban J connectivity index is 2.18. The third-order valence-electron chi connectivity index (χ3n) is 2.40. The maximum atomic E-state index is 12.1. The minimum absolute atomic E-state index is 0.127. The van der Waals surface area contributed by atoms with Crippen molar-refractivity contribution in [2.75, 3.05) is 6.54 Å². The monoisotopic (exact) mass is 237 g/mol. The number of halogens is 1. The van der Waals surface area contributed by atoms with Crippen LogP contribution in [0.25, 0.3) is 0 Å².